The normalized spacial score (nSPS) is 20.2. The molecule has 0 amide bonds. The van der Waals surface area contributed by atoms with Gasteiger partial charge in [0.2, 0.25) is 0 Å². The number of aryl methyl sites for hydroxylation is 1. The summed E-state index contributed by atoms with van der Waals surface area (Å²) in [4.78, 5) is 11.3. The molecular weight excluding hydrogens is 174 g/mol. The van der Waals surface area contributed by atoms with Gasteiger partial charge in [-0.25, -0.2) is 0 Å². The molecule has 0 aliphatic heterocycles. The number of rotatable bonds is 1. The lowest BCUT2D eigenvalue weighted by Gasteiger charge is -2.22. The Morgan fingerprint density at radius 2 is 2.21 bits per heavy atom. The number of carbonyl (C=O) groups is 1. The first-order chi connectivity index (χ1) is 6.66. The molecule has 0 bridgehead atoms. The summed E-state index contributed by atoms with van der Waals surface area (Å²) in [5.74, 6) is 0.516. The van der Waals surface area contributed by atoms with E-state index in [9.17, 15) is 4.79 Å². The van der Waals surface area contributed by atoms with Crippen molar-refractivity contribution in [1.29, 1.82) is 0 Å². The Balaban J connectivity index is 2.29. The Kier molecular flexibility index (Phi) is 2.28. The van der Waals surface area contributed by atoms with Gasteiger partial charge in [0.25, 0.3) is 0 Å². The van der Waals surface area contributed by atoms with Crippen molar-refractivity contribution < 1.29 is 4.79 Å². The molecule has 2 heteroatoms. The number of nitrogens with two attached hydrogens (primary N) is 1. The zero-order valence-corrected chi connectivity index (χ0v) is 8.42. The van der Waals surface area contributed by atoms with Gasteiger partial charge in [-0.05, 0) is 49.4 Å². The molecule has 14 heavy (non-hydrogen) atoms. The van der Waals surface area contributed by atoms with Crippen molar-refractivity contribution in [3.63, 3.8) is 0 Å². The van der Waals surface area contributed by atoms with Crippen LogP contribution in [0.5, 0.6) is 0 Å². The van der Waals surface area contributed by atoms with Crippen molar-refractivity contribution >= 4 is 11.5 Å². The van der Waals surface area contributed by atoms with Gasteiger partial charge in [-0.1, -0.05) is 6.07 Å². The molecule has 0 fully saturated rings. The van der Waals surface area contributed by atoms with Crippen molar-refractivity contribution in [3.05, 3.63) is 29.3 Å². The molecule has 1 atom stereocenters. The first-order valence-electron chi connectivity index (χ1n) is 5.04. The summed E-state index contributed by atoms with van der Waals surface area (Å²) in [7, 11) is 0. The number of fused-ring (bicyclic) bond motifs is 1. The summed E-state index contributed by atoms with van der Waals surface area (Å²) in [6, 6.07) is 6.03. The first kappa shape index (κ1) is 9.25. The van der Waals surface area contributed by atoms with E-state index in [2.05, 4.69) is 6.07 Å². The zero-order chi connectivity index (χ0) is 10.1. The van der Waals surface area contributed by atoms with Gasteiger partial charge < -0.3 is 5.73 Å². The Labute approximate surface area is 84.1 Å². The lowest BCUT2D eigenvalue weighted by molar-refractivity contribution is -0.121. The van der Waals surface area contributed by atoms with E-state index in [1.165, 1.54) is 11.1 Å². The second-order valence-corrected chi connectivity index (χ2v) is 4.08. The number of carbonyl (C=O) groups excluding carboxylic acids is 1. The lowest BCUT2D eigenvalue weighted by Crippen LogP contribution is -2.20. The van der Waals surface area contributed by atoms with Crippen LogP contribution in [0.1, 0.15) is 24.5 Å². The molecular formula is C12H15NO. The maximum Gasteiger partial charge on any atom is 0.133 e. The number of ketones is 1. The largest absolute Gasteiger partial charge is 0.399 e. The van der Waals surface area contributed by atoms with E-state index in [1.807, 2.05) is 12.1 Å². The highest BCUT2D eigenvalue weighted by Gasteiger charge is 2.21. The molecule has 2 rings (SSSR count). The van der Waals surface area contributed by atoms with Crippen LogP contribution >= 0.6 is 0 Å². The molecule has 1 aliphatic carbocycles. The third-order valence-electron chi connectivity index (χ3n) is 3.03. The molecule has 0 aromatic heterocycles. The second-order valence-electron chi connectivity index (χ2n) is 4.08. The highest BCUT2D eigenvalue weighted by molar-refractivity contribution is 5.79. The molecule has 0 heterocycles. The van der Waals surface area contributed by atoms with E-state index in [4.69, 9.17) is 5.73 Å². The standard InChI is InChI=1S/C12H15NO/c1-8(14)10-3-2-9-4-5-12(13)7-11(9)6-10/h4-5,7,10H,2-3,6,13H2,1H3. The summed E-state index contributed by atoms with van der Waals surface area (Å²) in [6.07, 6.45) is 2.88. The Bertz CT molecular complexity index is 371. The molecule has 0 radical (unpaired) electrons. The van der Waals surface area contributed by atoms with E-state index < -0.39 is 0 Å². The van der Waals surface area contributed by atoms with Gasteiger partial charge in [-0.3, -0.25) is 4.79 Å². The van der Waals surface area contributed by atoms with Crippen molar-refractivity contribution in [2.24, 2.45) is 5.92 Å². The zero-order valence-electron chi connectivity index (χ0n) is 8.42. The SMILES string of the molecule is CC(=O)C1CCc2ccc(N)cc2C1. The van der Waals surface area contributed by atoms with Crippen LogP contribution in [0, 0.1) is 5.92 Å². The molecule has 0 saturated carbocycles. The van der Waals surface area contributed by atoms with Gasteiger partial charge in [-0.2, -0.15) is 0 Å². The van der Waals surface area contributed by atoms with Crippen LogP contribution in [0.15, 0.2) is 18.2 Å². The Morgan fingerprint density at radius 1 is 1.43 bits per heavy atom. The third-order valence-corrected chi connectivity index (χ3v) is 3.03. The summed E-state index contributed by atoms with van der Waals surface area (Å²) < 4.78 is 0. The summed E-state index contributed by atoms with van der Waals surface area (Å²) >= 11 is 0. The fourth-order valence-electron chi connectivity index (χ4n) is 2.12. The lowest BCUT2D eigenvalue weighted by atomic mass is 9.82. The van der Waals surface area contributed by atoms with Gasteiger partial charge >= 0.3 is 0 Å². The molecule has 1 aromatic rings. The molecule has 1 aromatic carbocycles. The van der Waals surface area contributed by atoms with E-state index >= 15 is 0 Å². The van der Waals surface area contributed by atoms with E-state index in [-0.39, 0.29) is 5.92 Å². The summed E-state index contributed by atoms with van der Waals surface area (Å²) in [6.45, 7) is 1.68. The van der Waals surface area contributed by atoms with Crippen LogP contribution in [0.4, 0.5) is 5.69 Å². The van der Waals surface area contributed by atoms with E-state index in [0.29, 0.717) is 5.78 Å². The van der Waals surface area contributed by atoms with Gasteiger partial charge in [-0.15, -0.1) is 0 Å². The fraction of sp³-hybridized carbons (Fsp3) is 0.417. The minimum Gasteiger partial charge on any atom is -0.399 e. The quantitative estimate of drug-likeness (QED) is 0.686. The monoisotopic (exact) mass is 189 g/mol. The molecule has 74 valence electrons. The van der Waals surface area contributed by atoms with Gasteiger partial charge in [0.1, 0.15) is 5.78 Å². The van der Waals surface area contributed by atoms with Crippen molar-refractivity contribution in [2.75, 3.05) is 5.73 Å². The number of Topliss-reactive ketones (excluding diaryl/α,β-unsaturated/α-hetero) is 1. The topological polar surface area (TPSA) is 43.1 Å². The minimum atomic E-state index is 0.212. The number of hydrogen-bond acceptors (Lipinski definition) is 2. The molecule has 0 spiro atoms. The van der Waals surface area contributed by atoms with Crippen LogP contribution in [-0.2, 0) is 17.6 Å². The van der Waals surface area contributed by atoms with Crippen molar-refractivity contribution in [2.45, 2.75) is 26.2 Å². The Hall–Kier alpha value is -1.31. The smallest absolute Gasteiger partial charge is 0.133 e. The molecule has 2 nitrogen and oxygen atoms in total. The summed E-state index contributed by atoms with van der Waals surface area (Å²) in [5.41, 5.74) is 9.14. The number of hydrogen-bond donors (Lipinski definition) is 1. The molecule has 2 N–H and O–H groups in total. The Morgan fingerprint density at radius 3 is 2.93 bits per heavy atom. The van der Waals surface area contributed by atoms with Crippen LogP contribution in [0.3, 0.4) is 0 Å². The summed E-state index contributed by atoms with van der Waals surface area (Å²) in [5, 5.41) is 0. The maximum absolute atomic E-state index is 11.3. The van der Waals surface area contributed by atoms with Gasteiger partial charge in [0.05, 0.1) is 0 Å². The van der Waals surface area contributed by atoms with Gasteiger partial charge in [0, 0.05) is 11.6 Å². The number of benzene rings is 1. The average Bonchev–Trinajstić information content (AvgIpc) is 2.16. The van der Waals surface area contributed by atoms with Gasteiger partial charge in [0.15, 0.2) is 0 Å². The van der Waals surface area contributed by atoms with Crippen LogP contribution in [0.25, 0.3) is 0 Å². The highest BCUT2D eigenvalue weighted by Crippen LogP contribution is 2.27. The molecule has 1 unspecified atom stereocenters. The fourth-order valence-corrected chi connectivity index (χ4v) is 2.12. The third kappa shape index (κ3) is 1.65. The molecule has 0 saturated heterocycles. The second kappa shape index (κ2) is 3.45. The minimum absolute atomic E-state index is 0.212. The highest BCUT2D eigenvalue weighted by atomic mass is 16.1. The predicted octanol–water partition coefficient (Wildman–Crippen LogP) is 1.96. The van der Waals surface area contributed by atoms with Crippen LogP contribution in [0.2, 0.25) is 0 Å². The number of anilines is 1. The predicted molar refractivity (Wildman–Crippen MR) is 57.1 cm³/mol. The maximum atomic E-state index is 11.3. The van der Waals surface area contributed by atoms with Crippen molar-refractivity contribution in [3.8, 4) is 0 Å². The average molecular weight is 189 g/mol. The van der Waals surface area contributed by atoms with E-state index in [0.717, 1.165) is 24.9 Å². The first-order valence-corrected chi connectivity index (χ1v) is 5.04. The van der Waals surface area contributed by atoms with Crippen molar-refractivity contribution in [1.82, 2.24) is 0 Å². The van der Waals surface area contributed by atoms with E-state index in [1.54, 1.807) is 6.92 Å². The molecule has 1 aliphatic rings. The van der Waals surface area contributed by atoms with Crippen LogP contribution < -0.4 is 5.73 Å². The van der Waals surface area contributed by atoms with Crippen LogP contribution in [-0.4, -0.2) is 5.78 Å². The number of nitrogen functional groups attached to an aromatic ring is 1.